The van der Waals surface area contributed by atoms with E-state index in [2.05, 4.69) is 0 Å². The minimum absolute atomic E-state index is 0.0878. The third-order valence-electron chi connectivity index (χ3n) is 3.74. The van der Waals surface area contributed by atoms with Crippen molar-refractivity contribution in [3.05, 3.63) is 52.5 Å². The van der Waals surface area contributed by atoms with Crippen LogP contribution in [0, 0.1) is 0 Å². The summed E-state index contributed by atoms with van der Waals surface area (Å²) in [6, 6.07) is 12.4. The third-order valence-corrected chi connectivity index (χ3v) is 4.27. The highest BCUT2D eigenvalue weighted by molar-refractivity contribution is 6.35. The van der Waals surface area contributed by atoms with Gasteiger partial charge in [-0.05, 0) is 44.2 Å². The number of anilines is 1. The Morgan fingerprint density at radius 1 is 1.29 bits per heavy atom. The van der Waals surface area contributed by atoms with E-state index in [1.54, 1.807) is 30.0 Å². The summed E-state index contributed by atoms with van der Waals surface area (Å²) < 4.78 is 11.5. The zero-order valence-corrected chi connectivity index (χ0v) is 14.8. The van der Waals surface area contributed by atoms with Gasteiger partial charge in [0.05, 0.1) is 17.3 Å². The Hall–Kier alpha value is -1.91. The SMILES string of the molecule is CC1CN(C(=O)C(C)Oc2ccc(Cl)cc2Cl)c2ccccc2O1. The van der Waals surface area contributed by atoms with Gasteiger partial charge in [-0.3, -0.25) is 4.79 Å². The average molecular weight is 366 g/mol. The first kappa shape index (κ1) is 16.9. The molecular formula is C18H17Cl2NO3. The first-order valence-electron chi connectivity index (χ1n) is 7.64. The largest absolute Gasteiger partial charge is 0.487 e. The van der Waals surface area contributed by atoms with Crippen LogP contribution in [0.25, 0.3) is 0 Å². The highest BCUT2D eigenvalue weighted by Gasteiger charge is 2.31. The molecule has 0 bridgehead atoms. The maximum Gasteiger partial charge on any atom is 0.267 e. The fourth-order valence-corrected chi connectivity index (χ4v) is 3.08. The summed E-state index contributed by atoms with van der Waals surface area (Å²) in [6.07, 6.45) is -0.780. The first-order chi connectivity index (χ1) is 11.5. The van der Waals surface area contributed by atoms with Gasteiger partial charge >= 0.3 is 0 Å². The molecule has 126 valence electrons. The smallest absolute Gasteiger partial charge is 0.267 e. The number of hydrogen-bond acceptors (Lipinski definition) is 3. The van der Waals surface area contributed by atoms with E-state index in [1.165, 1.54) is 0 Å². The van der Waals surface area contributed by atoms with Crippen LogP contribution in [0.5, 0.6) is 11.5 Å². The molecule has 0 aliphatic carbocycles. The van der Waals surface area contributed by atoms with E-state index in [1.807, 2.05) is 31.2 Å². The van der Waals surface area contributed by atoms with Crippen LogP contribution in [0.2, 0.25) is 10.0 Å². The number of amides is 1. The maximum atomic E-state index is 12.9. The van der Waals surface area contributed by atoms with E-state index < -0.39 is 6.10 Å². The van der Waals surface area contributed by atoms with E-state index in [0.717, 1.165) is 5.69 Å². The van der Waals surface area contributed by atoms with Crippen LogP contribution in [0.3, 0.4) is 0 Å². The van der Waals surface area contributed by atoms with Crippen molar-refractivity contribution >= 4 is 34.8 Å². The van der Waals surface area contributed by atoms with Crippen LogP contribution in [0.15, 0.2) is 42.5 Å². The Kier molecular flexibility index (Phi) is 4.88. The molecule has 3 rings (SSSR count). The molecule has 24 heavy (non-hydrogen) atoms. The van der Waals surface area contributed by atoms with Gasteiger partial charge < -0.3 is 14.4 Å². The summed E-state index contributed by atoms with van der Waals surface area (Å²) in [5.74, 6) is 0.974. The highest BCUT2D eigenvalue weighted by atomic mass is 35.5. The van der Waals surface area contributed by atoms with Gasteiger partial charge in [0.2, 0.25) is 0 Å². The van der Waals surface area contributed by atoms with Gasteiger partial charge in [-0.1, -0.05) is 35.3 Å². The van der Waals surface area contributed by atoms with Crippen molar-refractivity contribution in [2.45, 2.75) is 26.1 Å². The minimum atomic E-state index is -0.693. The summed E-state index contributed by atoms with van der Waals surface area (Å²) in [5, 5.41) is 0.889. The van der Waals surface area contributed by atoms with Gasteiger partial charge in [0.25, 0.3) is 5.91 Å². The lowest BCUT2D eigenvalue weighted by molar-refractivity contribution is -0.125. The molecule has 1 aliphatic heterocycles. The number of halogens is 2. The number of fused-ring (bicyclic) bond motifs is 1. The molecule has 0 spiro atoms. The lowest BCUT2D eigenvalue weighted by Gasteiger charge is -2.34. The normalized spacial score (nSPS) is 17.7. The zero-order chi connectivity index (χ0) is 17.3. The van der Waals surface area contributed by atoms with Crippen molar-refractivity contribution in [2.24, 2.45) is 0 Å². The zero-order valence-electron chi connectivity index (χ0n) is 13.3. The summed E-state index contributed by atoms with van der Waals surface area (Å²) in [5.41, 5.74) is 0.748. The Balaban J connectivity index is 1.81. The molecule has 2 unspecified atom stereocenters. The van der Waals surface area contributed by atoms with Crippen LogP contribution in [0.1, 0.15) is 13.8 Å². The van der Waals surface area contributed by atoms with Crippen LogP contribution < -0.4 is 14.4 Å². The topological polar surface area (TPSA) is 38.8 Å². The molecule has 0 aromatic heterocycles. The van der Waals surface area contributed by atoms with E-state index in [4.69, 9.17) is 32.7 Å². The summed E-state index contributed by atoms with van der Waals surface area (Å²) in [4.78, 5) is 14.6. The van der Waals surface area contributed by atoms with Gasteiger partial charge in [-0.25, -0.2) is 0 Å². The van der Waals surface area contributed by atoms with E-state index >= 15 is 0 Å². The Morgan fingerprint density at radius 2 is 2.04 bits per heavy atom. The lowest BCUT2D eigenvalue weighted by atomic mass is 10.1. The number of benzene rings is 2. The van der Waals surface area contributed by atoms with E-state index in [-0.39, 0.29) is 12.0 Å². The molecular weight excluding hydrogens is 349 g/mol. The molecule has 1 heterocycles. The lowest BCUT2D eigenvalue weighted by Crippen LogP contribution is -2.47. The van der Waals surface area contributed by atoms with Crippen molar-refractivity contribution < 1.29 is 14.3 Å². The molecule has 0 saturated carbocycles. The number of carbonyl (C=O) groups excluding carboxylic acids is 1. The molecule has 2 aromatic rings. The number of para-hydroxylation sites is 2. The predicted octanol–water partition coefficient (Wildman–Crippen LogP) is 4.57. The molecule has 2 atom stereocenters. The number of hydrogen-bond donors (Lipinski definition) is 0. The quantitative estimate of drug-likeness (QED) is 0.799. The fraction of sp³-hybridized carbons (Fsp3) is 0.278. The Bertz CT molecular complexity index is 766. The van der Waals surface area contributed by atoms with Crippen molar-refractivity contribution in [3.8, 4) is 11.5 Å². The first-order valence-corrected chi connectivity index (χ1v) is 8.40. The minimum Gasteiger partial charge on any atom is -0.487 e. The van der Waals surface area contributed by atoms with Gasteiger partial charge in [-0.15, -0.1) is 0 Å². The number of carbonyl (C=O) groups is 1. The molecule has 1 aliphatic rings. The van der Waals surface area contributed by atoms with Gasteiger partial charge in [0.1, 0.15) is 17.6 Å². The van der Waals surface area contributed by atoms with Crippen LogP contribution in [-0.2, 0) is 4.79 Å². The summed E-state index contributed by atoms with van der Waals surface area (Å²) in [6.45, 7) is 4.10. The van der Waals surface area contributed by atoms with Gasteiger partial charge in [0, 0.05) is 5.02 Å². The second-order valence-electron chi connectivity index (χ2n) is 5.68. The summed E-state index contributed by atoms with van der Waals surface area (Å²) >= 11 is 12.0. The van der Waals surface area contributed by atoms with Crippen molar-refractivity contribution in [2.75, 3.05) is 11.4 Å². The highest BCUT2D eigenvalue weighted by Crippen LogP contribution is 2.34. The Labute approximate surface area is 150 Å². The predicted molar refractivity (Wildman–Crippen MR) is 95.4 cm³/mol. The van der Waals surface area contributed by atoms with Crippen molar-refractivity contribution in [1.29, 1.82) is 0 Å². The molecule has 0 fully saturated rings. The van der Waals surface area contributed by atoms with Crippen LogP contribution >= 0.6 is 23.2 Å². The van der Waals surface area contributed by atoms with Crippen molar-refractivity contribution in [1.82, 2.24) is 0 Å². The molecule has 6 heteroatoms. The molecule has 0 radical (unpaired) electrons. The standard InChI is InChI=1S/C18H17Cl2NO3/c1-11-10-21(15-5-3-4-6-17(15)23-11)18(22)12(2)24-16-8-7-13(19)9-14(16)20/h3-9,11-12H,10H2,1-2H3. The second-order valence-corrected chi connectivity index (χ2v) is 6.52. The molecule has 2 aromatic carbocycles. The molecule has 0 N–H and O–H groups in total. The maximum absolute atomic E-state index is 12.9. The van der Waals surface area contributed by atoms with Crippen LogP contribution in [0.4, 0.5) is 5.69 Å². The van der Waals surface area contributed by atoms with E-state index in [0.29, 0.717) is 28.1 Å². The second kappa shape index (κ2) is 6.91. The third kappa shape index (κ3) is 3.45. The Morgan fingerprint density at radius 3 is 2.79 bits per heavy atom. The number of rotatable bonds is 3. The molecule has 1 amide bonds. The number of nitrogens with zero attached hydrogens (tertiary/aromatic N) is 1. The average Bonchev–Trinajstić information content (AvgIpc) is 2.55. The fourth-order valence-electron chi connectivity index (χ4n) is 2.63. The summed E-state index contributed by atoms with van der Waals surface area (Å²) in [7, 11) is 0. The van der Waals surface area contributed by atoms with Gasteiger partial charge in [0.15, 0.2) is 6.10 Å². The van der Waals surface area contributed by atoms with Gasteiger partial charge in [-0.2, -0.15) is 0 Å². The van der Waals surface area contributed by atoms with Crippen molar-refractivity contribution in [3.63, 3.8) is 0 Å². The molecule has 4 nitrogen and oxygen atoms in total. The van der Waals surface area contributed by atoms with Crippen LogP contribution in [-0.4, -0.2) is 24.7 Å². The molecule has 0 saturated heterocycles. The monoisotopic (exact) mass is 365 g/mol. The number of ether oxygens (including phenoxy) is 2. The van der Waals surface area contributed by atoms with E-state index in [9.17, 15) is 4.79 Å².